The molecule has 1 saturated heterocycles. The summed E-state index contributed by atoms with van der Waals surface area (Å²) in [6, 6.07) is 0. The van der Waals surface area contributed by atoms with Crippen LogP contribution >= 0.6 is 11.8 Å². The molecule has 9 heteroatoms. The zero-order valence-electron chi connectivity index (χ0n) is 15.6. The third-order valence-electron chi connectivity index (χ3n) is 5.27. The zero-order valence-corrected chi connectivity index (χ0v) is 16.4. The van der Waals surface area contributed by atoms with Crippen LogP contribution in [0.1, 0.15) is 43.8 Å². The van der Waals surface area contributed by atoms with Gasteiger partial charge in [0.1, 0.15) is 16.2 Å². The van der Waals surface area contributed by atoms with Gasteiger partial charge >= 0.3 is 5.69 Å². The predicted molar refractivity (Wildman–Crippen MR) is 103 cm³/mol. The molecule has 4 rings (SSSR count). The third kappa shape index (κ3) is 3.40. The first-order valence-corrected chi connectivity index (χ1v) is 10.3. The van der Waals surface area contributed by atoms with Crippen LogP contribution in [-0.4, -0.2) is 48.8 Å². The van der Waals surface area contributed by atoms with E-state index in [4.69, 9.17) is 0 Å². The van der Waals surface area contributed by atoms with Gasteiger partial charge in [0.05, 0.1) is 5.75 Å². The van der Waals surface area contributed by atoms with Crippen LogP contribution in [0.2, 0.25) is 0 Å². The van der Waals surface area contributed by atoms with E-state index in [-0.39, 0.29) is 17.6 Å². The second kappa shape index (κ2) is 7.10. The second-order valence-electron chi connectivity index (χ2n) is 7.30. The lowest BCUT2D eigenvalue weighted by Gasteiger charge is -2.26. The van der Waals surface area contributed by atoms with Gasteiger partial charge in [-0.05, 0) is 32.1 Å². The van der Waals surface area contributed by atoms with Crippen LogP contribution in [0.25, 0.3) is 11.0 Å². The van der Waals surface area contributed by atoms with Gasteiger partial charge in [0, 0.05) is 33.1 Å². The minimum atomic E-state index is -0.414. The van der Waals surface area contributed by atoms with E-state index in [1.165, 1.54) is 29.8 Å². The first-order chi connectivity index (χ1) is 13.0. The zero-order chi connectivity index (χ0) is 19.1. The Labute approximate surface area is 160 Å². The van der Waals surface area contributed by atoms with E-state index in [9.17, 15) is 14.4 Å². The lowest BCUT2D eigenvalue weighted by atomic mass is 10.1. The topological polar surface area (TPSA) is 90.1 Å². The molecule has 0 unspecified atom stereocenters. The van der Waals surface area contributed by atoms with Crippen molar-refractivity contribution < 1.29 is 4.79 Å². The summed E-state index contributed by atoms with van der Waals surface area (Å²) >= 11 is 1.28. The fraction of sp³-hybridized carbons (Fsp3) is 0.611. The molecule has 2 aromatic rings. The molecular formula is C18H23N5O3S. The van der Waals surface area contributed by atoms with Gasteiger partial charge in [-0.3, -0.25) is 18.7 Å². The van der Waals surface area contributed by atoms with E-state index in [1.807, 2.05) is 4.90 Å². The molecule has 0 N–H and O–H groups in total. The monoisotopic (exact) mass is 389 g/mol. The van der Waals surface area contributed by atoms with Gasteiger partial charge in [0.25, 0.3) is 5.56 Å². The Morgan fingerprint density at radius 3 is 2.44 bits per heavy atom. The number of carbonyl (C=O) groups excluding carboxylic acids is 1. The number of aryl methyl sites for hydroxylation is 1. The lowest BCUT2D eigenvalue weighted by molar-refractivity contribution is -0.129. The van der Waals surface area contributed by atoms with E-state index in [0.29, 0.717) is 21.9 Å². The van der Waals surface area contributed by atoms with Crippen molar-refractivity contribution in [2.75, 3.05) is 18.8 Å². The molecular weight excluding hydrogens is 366 g/mol. The Morgan fingerprint density at radius 2 is 1.78 bits per heavy atom. The summed E-state index contributed by atoms with van der Waals surface area (Å²) in [4.78, 5) is 48.5. The summed E-state index contributed by atoms with van der Waals surface area (Å²) in [6.45, 7) is 1.60. The number of carbonyl (C=O) groups is 1. The van der Waals surface area contributed by atoms with Crippen molar-refractivity contribution in [3.8, 4) is 0 Å². The van der Waals surface area contributed by atoms with Crippen LogP contribution < -0.4 is 11.2 Å². The highest BCUT2D eigenvalue weighted by Crippen LogP contribution is 2.39. The number of thioether (sulfide) groups is 1. The molecule has 2 aliphatic rings. The van der Waals surface area contributed by atoms with Crippen molar-refractivity contribution in [2.45, 2.75) is 43.0 Å². The average molecular weight is 389 g/mol. The SMILES string of the molecule is Cn1c(=O)c2c(SCC(=O)N3CCCCC3)nc(C3CC3)nc2n(C)c1=O. The fourth-order valence-electron chi connectivity index (χ4n) is 3.44. The normalized spacial score (nSPS) is 17.5. The highest BCUT2D eigenvalue weighted by Gasteiger charge is 2.29. The first kappa shape index (κ1) is 18.2. The van der Waals surface area contributed by atoms with Gasteiger partial charge in [-0.1, -0.05) is 11.8 Å². The molecule has 27 heavy (non-hydrogen) atoms. The summed E-state index contributed by atoms with van der Waals surface area (Å²) < 4.78 is 2.46. The average Bonchev–Trinajstić information content (AvgIpc) is 3.54. The molecule has 8 nitrogen and oxygen atoms in total. The van der Waals surface area contributed by atoms with E-state index in [0.717, 1.165) is 43.3 Å². The number of piperidine rings is 1. The molecule has 0 spiro atoms. The van der Waals surface area contributed by atoms with E-state index < -0.39 is 11.2 Å². The van der Waals surface area contributed by atoms with Gasteiger partial charge < -0.3 is 4.90 Å². The number of hydrogen-bond donors (Lipinski definition) is 0. The van der Waals surface area contributed by atoms with Crippen LogP contribution in [0.3, 0.4) is 0 Å². The van der Waals surface area contributed by atoms with Crippen LogP contribution in [-0.2, 0) is 18.9 Å². The molecule has 2 fully saturated rings. The number of aromatic nitrogens is 4. The maximum Gasteiger partial charge on any atom is 0.332 e. The van der Waals surface area contributed by atoms with Crippen LogP contribution in [0.4, 0.5) is 0 Å². The van der Waals surface area contributed by atoms with Crippen molar-refractivity contribution in [3.05, 3.63) is 26.7 Å². The number of fused-ring (bicyclic) bond motifs is 1. The molecule has 1 amide bonds. The van der Waals surface area contributed by atoms with E-state index in [1.54, 1.807) is 7.05 Å². The summed E-state index contributed by atoms with van der Waals surface area (Å²) in [5.74, 6) is 1.26. The summed E-state index contributed by atoms with van der Waals surface area (Å²) in [6.07, 6.45) is 5.28. The number of likely N-dealkylation sites (tertiary alicyclic amines) is 1. The standard InChI is InChI=1S/C18H23N5O3S/c1-21-15-13(17(25)22(2)18(21)26)16(20-14(19-15)11-6-7-11)27-10-12(24)23-8-4-3-5-9-23/h11H,3-10H2,1-2H3. The predicted octanol–water partition coefficient (Wildman–Crippen LogP) is 1.01. The van der Waals surface area contributed by atoms with Crippen LogP contribution in [0, 0.1) is 0 Å². The lowest BCUT2D eigenvalue weighted by Crippen LogP contribution is -2.38. The number of nitrogens with zero attached hydrogens (tertiary/aromatic N) is 5. The van der Waals surface area contributed by atoms with E-state index >= 15 is 0 Å². The molecule has 0 aromatic carbocycles. The molecule has 0 radical (unpaired) electrons. The quantitative estimate of drug-likeness (QED) is 0.573. The Bertz CT molecular complexity index is 1020. The highest BCUT2D eigenvalue weighted by atomic mass is 32.2. The molecule has 0 atom stereocenters. The minimum Gasteiger partial charge on any atom is -0.342 e. The summed E-state index contributed by atoms with van der Waals surface area (Å²) in [7, 11) is 3.06. The number of rotatable bonds is 4. The van der Waals surface area contributed by atoms with Gasteiger partial charge in [0.2, 0.25) is 5.91 Å². The van der Waals surface area contributed by atoms with Gasteiger partial charge in [-0.15, -0.1) is 0 Å². The maximum absolute atomic E-state index is 12.7. The third-order valence-corrected chi connectivity index (χ3v) is 6.23. The second-order valence-corrected chi connectivity index (χ2v) is 8.26. The summed E-state index contributed by atoms with van der Waals surface area (Å²) in [5.41, 5.74) is -0.468. The molecule has 144 valence electrons. The Hall–Kier alpha value is -2.16. The van der Waals surface area contributed by atoms with Crippen molar-refractivity contribution >= 4 is 28.7 Å². The largest absolute Gasteiger partial charge is 0.342 e. The Kier molecular flexibility index (Phi) is 4.79. The molecule has 1 aliphatic carbocycles. The van der Waals surface area contributed by atoms with Crippen molar-refractivity contribution in [1.29, 1.82) is 0 Å². The number of amides is 1. The van der Waals surface area contributed by atoms with Crippen LogP contribution in [0.15, 0.2) is 14.6 Å². The van der Waals surface area contributed by atoms with E-state index in [2.05, 4.69) is 9.97 Å². The van der Waals surface area contributed by atoms with Gasteiger partial charge in [-0.2, -0.15) is 0 Å². The van der Waals surface area contributed by atoms with Crippen molar-refractivity contribution in [3.63, 3.8) is 0 Å². The number of hydrogen-bond acceptors (Lipinski definition) is 6. The molecule has 1 saturated carbocycles. The van der Waals surface area contributed by atoms with Gasteiger partial charge in [-0.25, -0.2) is 14.8 Å². The minimum absolute atomic E-state index is 0.0704. The summed E-state index contributed by atoms with van der Waals surface area (Å²) in [5, 5.41) is 0.823. The Balaban J connectivity index is 1.73. The molecule has 3 heterocycles. The van der Waals surface area contributed by atoms with Gasteiger partial charge in [0.15, 0.2) is 5.65 Å². The maximum atomic E-state index is 12.7. The molecule has 1 aliphatic heterocycles. The van der Waals surface area contributed by atoms with Crippen LogP contribution in [0.5, 0.6) is 0 Å². The Morgan fingerprint density at radius 1 is 1.07 bits per heavy atom. The first-order valence-electron chi connectivity index (χ1n) is 9.35. The smallest absolute Gasteiger partial charge is 0.332 e. The van der Waals surface area contributed by atoms with Crippen molar-refractivity contribution in [2.24, 2.45) is 14.1 Å². The molecule has 2 aromatic heterocycles. The molecule has 0 bridgehead atoms. The fourth-order valence-corrected chi connectivity index (χ4v) is 4.36. The highest BCUT2D eigenvalue weighted by molar-refractivity contribution is 8.00. The van der Waals surface area contributed by atoms with Crippen molar-refractivity contribution in [1.82, 2.24) is 24.0 Å².